The molecule has 0 saturated heterocycles. The van der Waals surface area contributed by atoms with E-state index in [1.165, 1.54) is 0 Å². The van der Waals surface area contributed by atoms with Crippen molar-refractivity contribution in [3.63, 3.8) is 0 Å². The summed E-state index contributed by atoms with van der Waals surface area (Å²) in [6.07, 6.45) is -0.0381. The molecule has 0 saturated carbocycles. The van der Waals surface area contributed by atoms with E-state index in [0.29, 0.717) is 21.5 Å². The van der Waals surface area contributed by atoms with E-state index in [-0.39, 0.29) is 6.10 Å². The number of rotatable bonds is 4. The van der Waals surface area contributed by atoms with Gasteiger partial charge in [-0.3, -0.25) is 0 Å². The van der Waals surface area contributed by atoms with Crippen LogP contribution in [0.15, 0.2) is 43.7 Å². The number of hydrogen-bond acceptors (Lipinski definition) is 3. The highest BCUT2D eigenvalue weighted by atomic mass is 79.9. The zero-order chi connectivity index (χ0) is 17.1. The van der Waals surface area contributed by atoms with Gasteiger partial charge in [0.2, 0.25) is 0 Å². The maximum absolute atomic E-state index is 12.6. The Morgan fingerprint density at radius 1 is 1.04 bits per heavy atom. The first-order valence-corrected chi connectivity index (χ1v) is 9.30. The molecule has 0 aliphatic heterocycles. The number of halogens is 3. The topological polar surface area (TPSA) is 35.5 Å². The second-order valence-electron chi connectivity index (χ2n) is 5.23. The Hall–Kier alpha value is -0.850. The predicted molar refractivity (Wildman–Crippen MR) is 101 cm³/mol. The smallest absolute Gasteiger partial charge is 0.347 e. The minimum absolute atomic E-state index is 0.0381. The first kappa shape index (κ1) is 18.5. The summed E-state index contributed by atoms with van der Waals surface area (Å²) >= 11 is 10.2. The second kappa shape index (κ2) is 7.81. The minimum atomic E-state index is -0.465. The quantitative estimate of drug-likeness (QED) is 0.361. The second-order valence-corrected chi connectivity index (χ2v) is 7.92. The van der Waals surface area contributed by atoms with Gasteiger partial charge in [0.1, 0.15) is 17.1 Å². The van der Waals surface area contributed by atoms with Crippen molar-refractivity contribution in [1.82, 2.24) is 0 Å². The van der Waals surface area contributed by atoms with Crippen molar-refractivity contribution in [3.8, 4) is 11.5 Å². The number of esters is 1. The molecule has 6 heteroatoms. The molecule has 23 heavy (non-hydrogen) atoms. The summed E-state index contributed by atoms with van der Waals surface area (Å²) in [5.41, 5.74) is 1.23. The van der Waals surface area contributed by atoms with E-state index in [4.69, 9.17) is 9.47 Å². The van der Waals surface area contributed by atoms with Gasteiger partial charge in [-0.25, -0.2) is 4.79 Å². The molecule has 0 bridgehead atoms. The van der Waals surface area contributed by atoms with Gasteiger partial charge in [-0.1, -0.05) is 31.9 Å². The van der Waals surface area contributed by atoms with Crippen molar-refractivity contribution in [2.24, 2.45) is 0 Å². The highest BCUT2D eigenvalue weighted by Crippen LogP contribution is 2.34. The summed E-state index contributed by atoms with van der Waals surface area (Å²) in [4.78, 5) is 12.6. The Bertz CT molecular complexity index is 719. The lowest BCUT2D eigenvalue weighted by molar-refractivity contribution is 0.0726. The number of hydrogen-bond donors (Lipinski definition) is 0. The van der Waals surface area contributed by atoms with Gasteiger partial charge in [-0.15, -0.1) is 0 Å². The van der Waals surface area contributed by atoms with E-state index in [9.17, 15) is 4.79 Å². The minimum Gasteiger partial charge on any atom is -0.490 e. The number of benzene rings is 2. The fourth-order valence-electron chi connectivity index (χ4n) is 1.98. The lowest BCUT2D eigenvalue weighted by Crippen LogP contribution is -2.14. The molecule has 2 aromatic carbocycles. The number of aryl methyl sites for hydroxylation is 1. The average molecular weight is 507 g/mol. The molecule has 0 atom stereocenters. The van der Waals surface area contributed by atoms with Gasteiger partial charge in [0.15, 0.2) is 0 Å². The first-order valence-electron chi connectivity index (χ1n) is 6.92. The summed E-state index contributed by atoms with van der Waals surface area (Å²) in [6, 6.07) is 9.00. The van der Waals surface area contributed by atoms with Gasteiger partial charge in [0.05, 0.1) is 10.6 Å². The van der Waals surface area contributed by atoms with E-state index in [1.54, 1.807) is 12.1 Å². The van der Waals surface area contributed by atoms with Crippen LogP contribution in [-0.4, -0.2) is 12.1 Å². The molecule has 0 heterocycles. The van der Waals surface area contributed by atoms with E-state index < -0.39 is 5.97 Å². The molecule has 3 nitrogen and oxygen atoms in total. The Morgan fingerprint density at radius 2 is 1.74 bits per heavy atom. The zero-order valence-electron chi connectivity index (χ0n) is 12.8. The van der Waals surface area contributed by atoms with Crippen molar-refractivity contribution < 1.29 is 14.3 Å². The van der Waals surface area contributed by atoms with Crippen LogP contribution < -0.4 is 9.47 Å². The van der Waals surface area contributed by atoms with Crippen molar-refractivity contribution in [2.45, 2.75) is 26.9 Å². The third kappa shape index (κ3) is 4.81. The van der Waals surface area contributed by atoms with E-state index in [1.807, 2.05) is 39.0 Å². The summed E-state index contributed by atoms with van der Waals surface area (Å²) in [5, 5.41) is 0. The van der Waals surface area contributed by atoms with Crippen LogP contribution in [0.5, 0.6) is 11.5 Å². The van der Waals surface area contributed by atoms with Gasteiger partial charge in [0.25, 0.3) is 0 Å². The Morgan fingerprint density at radius 3 is 2.35 bits per heavy atom. The largest absolute Gasteiger partial charge is 0.490 e. The van der Waals surface area contributed by atoms with Gasteiger partial charge >= 0.3 is 5.97 Å². The summed E-state index contributed by atoms with van der Waals surface area (Å²) < 4.78 is 13.7. The van der Waals surface area contributed by atoms with Gasteiger partial charge in [-0.2, -0.15) is 0 Å². The molecular formula is C17H15Br3O3. The monoisotopic (exact) mass is 504 g/mol. The molecule has 0 aliphatic rings. The van der Waals surface area contributed by atoms with E-state index >= 15 is 0 Å². The summed E-state index contributed by atoms with van der Waals surface area (Å²) in [6.45, 7) is 5.70. The number of ether oxygens (including phenoxy) is 2. The lowest BCUT2D eigenvalue weighted by atomic mass is 10.2. The molecular weight excluding hydrogens is 492 g/mol. The highest BCUT2D eigenvalue weighted by molar-refractivity contribution is 9.11. The molecule has 0 fully saturated rings. The van der Waals surface area contributed by atoms with Crippen molar-refractivity contribution in [3.05, 3.63) is 54.9 Å². The fourth-order valence-corrected chi connectivity index (χ4v) is 3.87. The summed E-state index contributed by atoms with van der Waals surface area (Å²) in [7, 11) is 0. The van der Waals surface area contributed by atoms with Crippen molar-refractivity contribution in [2.75, 3.05) is 0 Å². The molecule has 0 amide bonds. The Kier molecular flexibility index (Phi) is 6.28. The third-order valence-corrected chi connectivity index (χ3v) is 4.45. The van der Waals surface area contributed by atoms with Crippen LogP contribution in [0.1, 0.15) is 29.8 Å². The SMILES string of the molecule is Cc1cc(Br)cc(Br)c1OC(=O)c1cc(Br)ccc1OC(C)C. The van der Waals surface area contributed by atoms with Crippen LogP contribution in [0.4, 0.5) is 0 Å². The van der Waals surface area contributed by atoms with Gasteiger partial charge < -0.3 is 9.47 Å². The number of carbonyl (C=O) groups excluding carboxylic acids is 1. The zero-order valence-corrected chi connectivity index (χ0v) is 17.6. The van der Waals surface area contributed by atoms with Crippen LogP contribution in [0, 0.1) is 6.92 Å². The molecule has 0 unspecified atom stereocenters. The molecule has 2 rings (SSSR count). The predicted octanol–water partition coefficient (Wildman–Crippen LogP) is 6.29. The first-order chi connectivity index (χ1) is 10.8. The Labute approximate surface area is 160 Å². The van der Waals surface area contributed by atoms with Crippen LogP contribution in [-0.2, 0) is 0 Å². The van der Waals surface area contributed by atoms with Crippen LogP contribution in [0.25, 0.3) is 0 Å². The van der Waals surface area contributed by atoms with Crippen LogP contribution in [0.2, 0.25) is 0 Å². The third-order valence-electron chi connectivity index (χ3n) is 2.91. The van der Waals surface area contributed by atoms with Crippen molar-refractivity contribution in [1.29, 1.82) is 0 Å². The normalized spacial score (nSPS) is 10.7. The van der Waals surface area contributed by atoms with Crippen LogP contribution >= 0.6 is 47.8 Å². The molecule has 122 valence electrons. The van der Waals surface area contributed by atoms with E-state index in [0.717, 1.165) is 14.5 Å². The molecule has 2 aromatic rings. The average Bonchev–Trinajstić information content (AvgIpc) is 2.44. The van der Waals surface area contributed by atoms with Crippen molar-refractivity contribution >= 4 is 53.8 Å². The Balaban J connectivity index is 2.36. The molecule has 0 aromatic heterocycles. The maximum Gasteiger partial charge on any atom is 0.347 e. The van der Waals surface area contributed by atoms with E-state index in [2.05, 4.69) is 47.8 Å². The number of carbonyl (C=O) groups is 1. The van der Waals surface area contributed by atoms with Gasteiger partial charge in [0, 0.05) is 8.95 Å². The van der Waals surface area contributed by atoms with Gasteiger partial charge in [-0.05, 0) is 72.6 Å². The fraction of sp³-hybridized carbons (Fsp3) is 0.235. The molecule has 0 spiro atoms. The molecule has 0 aliphatic carbocycles. The summed E-state index contributed by atoms with van der Waals surface area (Å²) in [5.74, 6) is 0.529. The highest BCUT2D eigenvalue weighted by Gasteiger charge is 2.19. The maximum atomic E-state index is 12.6. The molecule has 0 radical (unpaired) electrons. The molecule has 0 N–H and O–H groups in total. The lowest BCUT2D eigenvalue weighted by Gasteiger charge is -2.15. The standard InChI is InChI=1S/C17H15Br3O3/c1-9(2)22-15-5-4-11(18)7-13(15)17(21)23-16-10(3)6-12(19)8-14(16)20/h4-9H,1-3H3. The van der Waals surface area contributed by atoms with Crippen LogP contribution in [0.3, 0.4) is 0 Å².